The highest BCUT2D eigenvalue weighted by Gasteiger charge is 2.26. The molecule has 2 unspecified atom stereocenters. The lowest BCUT2D eigenvalue weighted by atomic mass is 9.84. The standard InChI is InChI=1S/C16H18O/c1-11-9-12(2)15(10-11)13(3)16(17)14-7-5-4-6-8-14/h4-10,13,15H,1-3H3. The lowest BCUT2D eigenvalue weighted by Gasteiger charge is -2.18. The summed E-state index contributed by atoms with van der Waals surface area (Å²) in [6.07, 6.45) is 4.36. The zero-order valence-corrected chi connectivity index (χ0v) is 10.6. The van der Waals surface area contributed by atoms with Gasteiger partial charge in [-0.25, -0.2) is 0 Å². The molecular formula is C16H18O. The molecule has 0 spiro atoms. The maximum Gasteiger partial charge on any atom is 0.166 e. The molecule has 0 aromatic heterocycles. The summed E-state index contributed by atoms with van der Waals surface area (Å²) in [5.74, 6) is 0.517. The molecule has 0 bridgehead atoms. The van der Waals surface area contributed by atoms with Gasteiger partial charge in [0, 0.05) is 17.4 Å². The average molecular weight is 226 g/mol. The van der Waals surface area contributed by atoms with Crippen LogP contribution < -0.4 is 0 Å². The largest absolute Gasteiger partial charge is 0.294 e. The van der Waals surface area contributed by atoms with Crippen LogP contribution in [0.5, 0.6) is 0 Å². The molecule has 0 fully saturated rings. The van der Waals surface area contributed by atoms with Crippen molar-refractivity contribution in [3.05, 3.63) is 59.2 Å². The van der Waals surface area contributed by atoms with Gasteiger partial charge in [0.25, 0.3) is 0 Å². The predicted molar refractivity (Wildman–Crippen MR) is 70.9 cm³/mol. The summed E-state index contributed by atoms with van der Waals surface area (Å²) in [7, 11) is 0. The first-order valence-corrected chi connectivity index (χ1v) is 6.05. The molecule has 0 heterocycles. The van der Waals surface area contributed by atoms with Gasteiger partial charge in [-0.05, 0) is 13.8 Å². The summed E-state index contributed by atoms with van der Waals surface area (Å²) in [6, 6.07) is 9.55. The Morgan fingerprint density at radius 1 is 1.18 bits per heavy atom. The second-order valence-electron chi connectivity index (χ2n) is 4.84. The summed E-state index contributed by atoms with van der Waals surface area (Å²) in [4.78, 5) is 12.3. The van der Waals surface area contributed by atoms with Gasteiger partial charge in [0.2, 0.25) is 0 Å². The fraction of sp³-hybridized carbons (Fsp3) is 0.312. The number of allylic oxidation sites excluding steroid dienone is 4. The smallest absolute Gasteiger partial charge is 0.166 e. The van der Waals surface area contributed by atoms with Gasteiger partial charge in [0.1, 0.15) is 0 Å². The second kappa shape index (κ2) is 4.70. The maximum atomic E-state index is 12.3. The van der Waals surface area contributed by atoms with Crippen LogP contribution in [0.1, 0.15) is 31.1 Å². The molecule has 0 saturated carbocycles. The average Bonchev–Trinajstić information content (AvgIpc) is 2.68. The fourth-order valence-electron chi connectivity index (χ4n) is 2.49. The molecule has 1 aromatic carbocycles. The summed E-state index contributed by atoms with van der Waals surface area (Å²) in [5, 5.41) is 0. The zero-order chi connectivity index (χ0) is 12.4. The van der Waals surface area contributed by atoms with Gasteiger partial charge in [-0.1, -0.05) is 60.6 Å². The first-order valence-electron chi connectivity index (χ1n) is 6.05. The number of ketones is 1. The Morgan fingerprint density at radius 2 is 1.82 bits per heavy atom. The van der Waals surface area contributed by atoms with E-state index in [9.17, 15) is 4.79 Å². The van der Waals surface area contributed by atoms with Crippen LogP contribution in [-0.4, -0.2) is 5.78 Å². The summed E-state index contributed by atoms with van der Waals surface area (Å²) < 4.78 is 0. The highest BCUT2D eigenvalue weighted by molar-refractivity contribution is 5.98. The molecule has 1 heteroatoms. The van der Waals surface area contributed by atoms with Crippen molar-refractivity contribution in [1.29, 1.82) is 0 Å². The van der Waals surface area contributed by atoms with E-state index < -0.39 is 0 Å². The third-order valence-electron chi connectivity index (χ3n) is 3.43. The SMILES string of the molecule is CC1=CC(C(C)C(=O)c2ccccc2)C(C)=C1. The minimum Gasteiger partial charge on any atom is -0.294 e. The van der Waals surface area contributed by atoms with Crippen molar-refractivity contribution >= 4 is 5.78 Å². The van der Waals surface area contributed by atoms with Crippen LogP contribution in [0.25, 0.3) is 0 Å². The molecular weight excluding hydrogens is 208 g/mol. The molecule has 1 aromatic rings. The third kappa shape index (κ3) is 2.38. The van der Waals surface area contributed by atoms with Crippen LogP contribution >= 0.6 is 0 Å². The van der Waals surface area contributed by atoms with Crippen molar-refractivity contribution in [2.24, 2.45) is 11.8 Å². The van der Waals surface area contributed by atoms with Crippen LogP contribution in [0.3, 0.4) is 0 Å². The van der Waals surface area contributed by atoms with E-state index in [1.54, 1.807) is 0 Å². The lowest BCUT2D eigenvalue weighted by Crippen LogP contribution is -2.19. The van der Waals surface area contributed by atoms with Crippen LogP contribution in [0.15, 0.2) is 53.6 Å². The summed E-state index contributed by atoms with van der Waals surface area (Å²) in [6.45, 7) is 6.21. The number of hydrogen-bond donors (Lipinski definition) is 0. The van der Waals surface area contributed by atoms with Crippen LogP contribution in [-0.2, 0) is 0 Å². The van der Waals surface area contributed by atoms with Crippen LogP contribution in [0, 0.1) is 11.8 Å². The van der Waals surface area contributed by atoms with E-state index in [1.165, 1.54) is 11.1 Å². The van der Waals surface area contributed by atoms with Gasteiger partial charge < -0.3 is 0 Å². The first-order chi connectivity index (χ1) is 8.09. The van der Waals surface area contributed by atoms with E-state index in [2.05, 4.69) is 26.0 Å². The van der Waals surface area contributed by atoms with Crippen molar-refractivity contribution in [3.63, 3.8) is 0 Å². The highest BCUT2D eigenvalue weighted by atomic mass is 16.1. The molecule has 2 atom stereocenters. The highest BCUT2D eigenvalue weighted by Crippen LogP contribution is 2.31. The van der Waals surface area contributed by atoms with Gasteiger partial charge in [-0.3, -0.25) is 4.79 Å². The Kier molecular flexibility index (Phi) is 3.28. The molecule has 88 valence electrons. The molecule has 0 saturated heterocycles. The number of rotatable bonds is 3. The molecule has 1 nitrogen and oxygen atoms in total. The maximum absolute atomic E-state index is 12.3. The van der Waals surface area contributed by atoms with Crippen LogP contribution in [0.2, 0.25) is 0 Å². The molecule has 0 aliphatic heterocycles. The Balaban J connectivity index is 2.20. The minimum absolute atomic E-state index is 0.0195. The van der Waals surface area contributed by atoms with Crippen molar-refractivity contribution in [2.75, 3.05) is 0 Å². The first kappa shape index (κ1) is 11.8. The van der Waals surface area contributed by atoms with Gasteiger partial charge in [-0.2, -0.15) is 0 Å². The van der Waals surface area contributed by atoms with Crippen molar-refractivity contribution in [2.45, 2.75) is 20.8 Å². The van der Waals surface area contributed by atoms with E-state index in [0.717, 1.165) is 5.56 Å². The third-order valence-corrected chi connectivity index (χ3v) is 3.43. The molecule has 0 amide bonds. The van der Waals surface area contributed by atoms with E-state index >= 15 is 0 Å². The summed E-state index contributed by atoms with van der Waals surface area (Å²) >= 11 is 0. The molecule has 2 rings (SSSR count). The predicted octanol–water partition coefficient (Wildman–Crippen LogP) is 4.03. The van der Waals surface area contributed by atoms with Crippen molar-refractivity contribution in [3.8, 4) is 0 Å². The van der Waals surface area contributed by atoms with Gasteiger partial charge in [0.05, 0.1) is 0 Å². The quantitative estimate of drug-likeness (QED) is 0.711. The van der Waals surface area contributed by atoms with E-state index in [-0.39, 0.29) is 17.6 Å². The minimum atomic E-state index is 0.0195. The number of Topliss-reactive ketones (excluding diaryl/α,β-unsaturated/α-hetero) is 1. The Morgan fingerprint density at radius 3 is 2.35 bits per heavy atom. The summed E-state index contributed by atoms with van der Waals surface area (Å²) in [5.41, 5.74) is 3.37. The Hall–Kier alpha value is -1.63. The fourth-order valence-corrected chi connectivity index (χ4v) is 2.49. The molecule has 0 N–H and O–H groups in total. The second-order valence-corrected chi connectivity index (χ2v) is 4.84. The number of carbonyl (C=O) groups excluding carboxylic acids is 1. The molecule has 17 heavy (non-hydrogen) atoms. The van der Waals surface area contributed by atoms with E-state index in [0.29, 0.717) is 0 Å². The number of carbonyl (C=O) groups is 1. The zero-order valence-electron chi connectivity index (χ0n) is 10.6. The number of hydrogen-bond acceptors (Lipinski definition) is 1. The van der Waals surface area contributed by atoms with Crippen molar-refractivity contribution < 1.29 is 4.79 Å². The Bertz CT molecular complexity index is 480. The van der Waals surface area contributed by atoms with Crippen molar-refractivity contribution in [1.82, 2.24) is 0 Å². The van der Waals surface area contributed by atoms with Gasteiger partial charge in [-0.15, -0.1) is 0 Å². The normalized spacial score (nSPS) is 20.8. The van der Waals surface area contributed by atoms with Crippen LogP contribution in [0.4, 0.5) is 0 Å². The van der Waals surface area contributed by atoms with E-state index in [1.807, 2.05) is 37.3 Å². The molecule has 1 aliphatic rings. The topological polar surface area (TPSA) is 17.1 Å². The Labute approximate surface area is 103 Å². The molecule has 1 aliphatic carbocycles. The molecule has 0 radical (unpaired) electrons. The lowest BCUT2D eigenvalue weighted by molar-refractivity contribution is 0.0912. The monoisotopic (exact) mass is 226 g/mol. The van der Waals surface area contributed by atoms with Gasteiger partial charge in [0.15, 0.2) is 5.78 Å². The number of benzene rings is 1. The van der Waals surface area contributed by atoms with E-state index in [4.69, 9.17) is 0 Å². The van der Waals surface area contributed by atoms with Gasteiger partial charge >= 0.3 is 0 Å².